The van der Waals surface area contributed by atoms with Gasteiger partial charge in [-0.15, -0.1) is 0 Å². The van der Waals surface area contributed by atoms with E-state index in [0.29, 0.717) is 18.6 Å². The van der Waals surface area contributed by atoms with Gasteiger partial charge in [-0.25, -0.2) is 0 Å². The lowest BCUT2D eigenvalue weighted by Gasteiger charge is -2.43. The molecule has 1 fully saturated rings. The lowest BCUT2D eigenvalue weighted by atomic mass is 9.71. The van der Waals surface area contributed by atoms with Crippen LogP contribution in [0.4, 0.5) is 0 Å². The molecule has 0 radical (unpaired) electrons. The van der Waals surface area contributed by atoms with Crippen LogP contribution in [0.25, 0.3) is 0 Å². The van der Waals surface area contributed by atoms with Crippen molar-refractivity contribution in [2.75, 3.05) is 19.8 Å². The summed E-state index contributed by atoms with van der Waals surface area (Å²) in [6.45, 7) is 8.02. The molecule has 1 atom stereocenters. The monoisotopic (exact) mass is 229 g/mol. The molecule has 1 rings (SSSR count). The summed E-state index contributed by atoms with van der Waals surface area (Å²) in [6, 6.07) is 0. The Labute approximate surface area is 99.4 Å². The van der Waals surface area contributed by atoms with Crippen molar-refractivity contribution >= 4 is 0 Å². The Morgan fingerprint density at radius 3 is 2.25 bits per heavy atom. The SMILES string of the molecule is CC(CO)COC1(CN)CCC(C)(C)CC1. The molecule has 0 aromatic heterocycles. The second-order valence-electron chi connectivity index (χ2n) is 6.15. The summed E-state index contributed by atoms with van der Waals surface area (Å²) in [7, 11) is 0. The molecule has 1 aliphatic rings. The molecular weight excluding hydrogens is 202 g/mol. The lowest BCUT2D eigenvalue weighted by Crippen LogP contribution is -2.46. The van der Waals surface area contributed by atoms with Gasteiger partial charge in [-0.3, -0.25) is 0 Å². The van der Waals surface area contributed by atoms with E-state index < -0.39 is 0 Å². The van der Waals surface area contributed by atoms with Crippen molar-refractivity contribution in [2.45, 2.75) is 52.1 Å². The zero-order valence-corrected chi connectivity index (χ0v) is 11.0. The number of hydrogen-bond acceptors (Lipinski definition) is 3. The first-order valence-electron chi connectivity index (χ1n) is 6.38. The Kier molecular flexibility index (Phi) is 4.77. The van der Waals surface area contributed by atoms with Crippen molar-refractivity contribution in [3.8, 4) is 0 Å². The molecule has 0 bridgehead atoms. The molecular formula is C13H27NO2. The van der Waals surface area contributed by atoms with Gasteiger partial charge in [0.2, 0.25) is 0 Å². The smallest absolute Gasteiger partial charge is 0.0804 e. The number of aliphatic hydroxyl groups excluding tert-OH is 1. The Hall–Kier alpha value is -0.120. The Bertz CT molecular complexity index is 206. The van der Waals surface area contributed by atoms with Crippen LogP contribution in [0.3, 0.4) is 0 Å². The quantitative estimate of drug-likeness (QED) is 0.757. The summed E-state index contributed by atoms with van der Waals surface area (Å²) in [4.78, 5) is 0. The van der Waals surface area contributed by atoms with E-state index >= 15 is 0 Å². The van der Waals surface area contributed by atoms with E-state index in [1.54, 1.807) is 0 Å². The Morgan fingerprint density at radius 1 is 1.25 bits per heavy atom. The predicted octanol–water partition coefficient (Wildman–Crippen LogP) is 1.93. The van der Waals surface area contributed by atoms with Crippen molar-refractivity contribution in [1.29, 1.82) is 0 Å². The summed E-state index contributed by atoms with van der Waals surface area (Å²) in [6.07, 6.45) is 4.46. The van der Waals surface area contributed by atoms with Crippen LogP contribution in [-0.2, 0) is 4.74 Å². The number of rotatable bonds is 5. The van der Waals surface area contributed by atoms with Crippen molar-refractivity contribution in [3.05, 3.63) is 0 Å². The molecule has 0 aromatic rings. The minimum atomic E-state index is -0.126. The molecule has 3 N–H and O–H groups in total. The van der Waals surface area contributed by atoms with E-state index in [1.807, 2.05) is 6.92 Å². The number of aliphatic hydroxyl groups is 1. The third-order valence-electron chi connectivity index (χ3n) is 3.87. The van der Waals surface area contributed by atoms with E-state index in [1.165, 1.54) is 12.8 Å². The maximum Gasteiger partial charge on any atom is 0.0804 e. The van der Waals surface area contributed by atoms with Crippen molar-refractivity contribution in [2.24, 2.45) is 17.1 Å². The normalized spacial score (nSPS) is 25.3. The van der Waals surface area contributed by atoms with Crippen LogP contribution in [0, 0.1) is 11.3 Å². The summed E-state index contributed by atoms with van der Waals surface area (Å²) in [5.74, 6) is 0.207. The molecule has 0 aliphatic heterocycles. The Balaban J connectivity index is 2.46. The van der Waals surface area contributed by atoms with Crippen molar-refractivity contribution < 1.29 is 9.84 Å². The van der Waals surface area contributed by atoms with Gasteiger partial charge in [0.25, 0.3) is 0 Å². The highest BCUT2D eigenvalue weighted by Gasteiger charge is 2.38. The summed E-state index contributed by atoms with van der Waals surface area (Å²) in [5, 5.41) is 8.99. The zero-order valence-electron chi connectivity index (χ0n) is 11.0. The average molecular weight is 229 g/mol. The van der Waals surface area contributed by atoms with Crippen molar-refractivity contribution in [3.63, 3.8) is 0 Å². The van der Waals surface area contributed by atoms with E-state index in [-0.39, 0.29) is 18.1 Å². The van der Waals surface area contributed by atoms with Gasteiger partial charge in [-0.05, 0) is 31.1 Å². The molecule has 0 amide bonds. The van der Waals surface area contributed by atoms with Gasteiger partial charge in [-0.2, -0.15) is 0 Å². The van der Waals surface area contributed by atoms with Gasteiger partial charge in [0.05, 0.1) is 12.2 Å². The van der Waals surface area contributed by atoms with Gasteiger partial charge >= 0.3 is 0 Å². The standard InChI is InChI=1S/C13H27NO2/c1-11(8-15)9-16-13(10-14)6-4-12(2,3)5-7-13/h11,15H,4-10,14H2,1-3H3. The van der Waals surface area contributed by atoms with Crippen LogP contribution < -0.4 is 5.73 Å². The van der Waals surface area contributed by atoms with Gasteiger partial charge in [0.15, 0.2) is 0 Å². The lowest BCUT2D eigenvalue weighted by molar-refractivity contribution is -0.0949. The van der Waals surface area contributed by atoms with Crippen LogP contribution in [-0.4, -0.2) is 30.5 Å². The fourth-order valence-electron chi connectivity index (χ4n) is 2.16. The summed E-state index contributed by atoms with van der Waals surface area (Å²) in [5.41, 5.74) is 6.18. The topological polar surface area (TPSA) is 55.5 Å². The molecule has 0 heterocycles. The molecule has 0 saturated heterocycles. The number of hydrogen-bond donors (Lipinski definition) is 2. The third-order valence-corrected chi connectivity index (χ3v) is 3.87. The number of nitrogens with two attached hydrogens (primary N) is 1. The molecule has 3 heteroatoms. The van der Waals surface area contributed by atoms with E-state index in [0.717, 1.165) is 12.8 Å². The van der Waals surface area contributed by atoms with Gasteiger partial charge in [-0.1, -0.05) is 20.8 Å². The van der Waals surface area contributed by atoms with Gasteiger partial charge in [0.1, 0.15) is 0 Å². The largest absolute Gasteiger partial charge is 0.396 e. The molecule has 3 nitrogen and oxygen atoms in total. The molecule has 16 heavy (non-hydrogen) atoms. The fourth-order valence-corrected chi connectivity index (χ4v) is 2.16. The summed E-state index contributed by atoms with van der Waals surface area (Å²) >= 11 is 0. The molecule has 0 spiro atoms. The first kappa shape index (κ1) is 13.9. The maximum absolute atomic E-state index is 8.99. The van der Waals surface area contributed by atoms with Gasteiger partial charge in [0, 0.05) is 19.1 Å². The highest BCUT2D eigenvalue weighted by atomic mass is 16.5. The van der Waals surface area contributed by atoms with Crippen LogP contribution >= 0.6 is 0 Å². The first-order valence-corrected chi connectivity index (χ1v) is 6.38. The minimum Gasteiger partial charge on any atom is -0.396 e. The predicted molar refractivity (Wildman–Crippen MR) is 66.2 cm³/mol. The van der Waals surface area contributed by atoms with E-state index in [4.69, 9.17) is 15.6 Å². The average Bonchev–Trinajstić information content (AvgIpc) is 2.28. The van der Waals surface area contributed by atoms with E-state index in [9.17, 15) is 0 Å². The molecule has 1 saturated carbocycles. The molecule has 1 aliphatic carbocycles. The maximum atomic E-state index is 8.99. The van der Waals surface area contributed by atoms with Gasteiger partial charge < -0.3 is 15.6 Å². The van der Waals surface area contributed by atoms with Crippen LogP contribution in [0.2, 0.25) is 0 Å². The highest BCUT2D eigenvalue weighted by molar-refractivity contribution is 4.91. The number of ether oxygens (including phenoxy) is 1. The van der Waals surface area contributed by atoms with Crippen LogP contribution in [0.5, 0.6) is 0 Å². The second-order valence-corrected chi connectivity index (χ2v) is 6.15. The van der Waals surface area contributed by atoms with Crippen LogP contribution in [0.15, 0.2) is 0 Å². The second kappa shape index (κ2) is 5.48. The highest BCUT2D eigenvalue weighted by Crippen LogP contribution is 2.41. The van der Waals surface area contributed by atoms with E-state index in [2.05, 4.69) is 13.8 Å². The first-order chi connectivity index (χ1) is 7.43. The van der Waals surface area contributed by atoms with Crippen molar-refractivity contribution in [1.82, 2.24) is 0 Å². The minimum absolute atomic E-state index is 0.126. The fraction of sp³-hybridized carbons (Fsp3) is 1.00. The zero-order chi connectivity index (χ0) is 12.2. The molecule has 1 unspecified atom stereocenters. The Morgan fingerprint density at radius 2 is 1.81 bits per heavy atom. The van der Waals surface area contributed by atoms with Crippen LogP contribution in [0.1, 0.15) is 46.5 Å². The molecule has 0 aromatic carbocycles. The third kappa shape index (κ3) is 3.72. The molecule has 96 valence electrons. The summed E-state index contributed by atoms with van der Waals surface area (Å²) < 4.78 is 5.98.